The molecule has 120 valence electrons. The van der Waals surface area contributed by atoms with Gasteiger partial charge in [0.1, 0.15) is 0 Å². The molecule has 0 aliphatic heterocycles. The third-order valence-electron chi connectivity index (χ3n) is 3.91. The fraction of sp³-hybridized carbons (Fsp3) is 0.529. The molecule has 0 radical (unpaired) electrons. The zero-order valence-corrected chi connectivity index (χ0v) is 13.4. The average molecular weight is 324 g/mol. The van der Waals surface area contributed by atoms with E-state index in [-0.39, 0.29) is 24.4 Å². The summed E-state index contributed by atoms with van der Waals surface area (Å²) < 4.78 is 5.09. The summed E-state index contributed by atoms with van der Waals surface area (Å²) in [4.78, 5) is 23.5. The maximum Gasteiger partial charge on any atom is 0.309 e. The summed E-state index contributed by atoms with van der Waals surface area (Å²) in [5.41, 5.74) is 1.06. The Balaban J connectivity index is 1.62. The first-order valence-electron chi connectivity index (χ1n) is 7.83. The smallest absolute Gasteiger partial charge is 0.309 e. The number of nitrogens with one attached hydrogen (secondary N) is 1. The Kier molecular flexibility index (Phi) is 6.72. The second-order valence-electron chi connectivity index (χ2n) is 5.67. The van der Waals surface area contributed by atoms with Crippen molar-refractivity contribution >= 4 is 23.5 Å². The second kappa shape index (κ2) is 8.79. The molecule has 1 amide bonds. The lowest BCUT2D eigenvalue weighted by molar-refractivity contribution is -0.153. The Morgan fingerprint density at radius 2 is 2.00 bits per heavy atom. The first-order chi connectivity index (χ1) is 10.6. The highest BCUT2D eigenvalue weighted by atomic mass is 35.5. The number of esters is 1. The van der Waals surface area contributed by atoms with Gasteiger partial charge >= 0.3 is 5.97 Å². The molecule has 0 bridgehead atoms. The molecule has 0 heterocycles. The van der Waals surface area contributed by atoms with Crippen molar-refractivity contribution in [2.75, 3.05) is 13.2 Å². The highest BCUT2D eigenvalue weighted by Crippen LogP contribution is 2.24. The van der Waals surface area contributed by atoms with Crippen molar-refractivity contribution in [1.29, 1.82) is 0 Å². The van der Waals surface area contributed by atoms with E-state index in [1.165, 1.54) is 6.42 Å². The minimum atomic E-state index is -0.258. The van der Waals surface area contributed by atoms with E-state index in [9.17, 15) is 9.59 Å². The van der Waals surface area contributed by atoms with Gasteiger partial charge in [0, 0.05) is 11.6 Å². The maximum absolute atomic E-state index is 11.8. The van der Waals surface area contributed by atoms with Gasteiger partial charge in [-0.3, -0.25) is 9.59 Å². The van der Waals surface area contributed by atoms with Gasteiger partial charge in [0.25, 0.3) is 5.91 Å². The van der Waals surface area contributed by atoms with Crippen molar-refractivity contribution in [3.63, 3.8) is 0 Å². The number of ether oxygens (including phenoxy) is 1. The van der Waals surface area contributed by atoms with Crippen LogP contribution < -0.4 is 5.32 Å². The van der Waals surface area contributed by atoms with Crippen molar-refractivity contribution < 1.29 is 14.3 Å². The second-order valence-corrected chi connectivity index (χ2v) is 6.11. The predicted molar refractivity (Wildman–Crippen MR) is 85.7 cm³/mol. The minimum Gasteiger partial charge on any atom is -0.455 e. The van der Waals surface area contributed by atoms with Crippen LogP contribution in [0.1, 0.15) is 37.7 Å². The number of rotatable bonds is 6. The molecular formula is C17H22ClNO3. The van der Waals surface area contributed by atoms with Gasteiger partial charge in [0.05, 0.1) is 5.92 Å². The first kappa shape index (κ1) is 16.8. The van der Waals surface area contributed by atoms with Crippen LogP contribution in [-0.2, 0) is 20.7 Å². The summed E-state index contributed by atoms with van der Waals surface area (Å²) in [6.07, 6.45) is 5.80. The Morgan fingerprint density at radius 3 is 2.73 bits per heavy atom. The predicted octanol–water partition coefficient (Wildman–Crippen LogP) is 3.12. The number of carbonyl (C=O) groups excluding carboxylic acids is 2. The van der Waals surface area contributed by atoms with E-state index >= 15 is 0 Å². The quantitative estimate of drug-likeness (QED) is 0.818. The van der Waals surface area contributed by atoms with Crippen LogP contribution in [0.4, 0.5) is 0 Å². The molecule has 5 heteroatoms. The van der Waals surface area contributed by atoms with Crippen LogP contribution in [0.15, 0.2) is 24.3 Å². The normalized spacial score (nSPS) is 15.3. The van der Waals surface area contributed by atoms with Gasteiger partial charge in [-0.25, -0.2) is 0 Å². The van der Waals surface area contributed by atoms with Crippen LogP contribution in [0.5, 0.6) is 0 Å². The summed E-state index contributed by atoms with van der Waals surface area (Å²) in [7, 11) is 0. The van der Waals surface area contributed by atoms with Crippen LogP contribution in [-0.4, -0.2) is 25.0 Å². The SMILES string of the molecule is O=C(COC(=O)C1CCCCC1)NCCc1cccc(Cl)c1. The molecule has 1 N–H and O–H groups in total. The van der Waals surface area contributed by atoms with E-state index in [4.69, 9.17) is 16.3 Å². The molecule has 2 rings (SSSR count). The van der Waals surface area contributed by atoms with Crippen molar-refractivity contribution in [3.05, 3.63) is 34.9 Å². The molecule has 0 spiro atoms. The third kappa shape index (κ3) is 5.68. The number of halogens is 1. The molecule has 22 heavy (non-hydrogen) atoms. The number of hydrogen-bond acceptors (Lipinski definition) is 3. The van der Waals surface area contributed by atoms with Crippen LogP contribution in [0.3, 0.4) is 0 Å². The van der Waals surface area contributed by atoms with E-state index in [0.29, 0.717) is 18.0 Å². The fourth-order valence-electron chi connectivity index (χ4n) is 2.68. The topological polar surface area (TPSA) is 55.4 Å². The number of carbonyl (C=O) groups is 2. The molecule has 0 atom stereocenters. The molecule has 1 aliphatic carbocycles. The van der Waals surface area contributed by atoms with Crippen LogP contribution in [0.25, 0.3) is 0 Å². The standard InChI is InChI=1S/C17H22ClNO3/c18-15-8-4-5-13(11-15)9-10-19-16(20)12-22-17(21)14-6-2-1-3-7-14/h4-5,8,11,14H,1-3,6-7,9-10,12H2,(H,19,20). The van der Waals surface area contributed by atoms with E-state index in [2.05, 4.69) is 5.32 Å². The van der Waals surface area contributed by atoms with Gasteiger partial charge in [0.15, 0.2) is 6.61 Å². The zero-order valence-electron chi connectivity index (χ0n) is 12.6. The van der Waals surface area contributed by atoms with E-state index in [0.717, 1.165) is 31.2 Å². The van der Waals surface area contributed by atoms with Gasteiger partial charge < -0.3 is 10.1 Å². The number of hydrogen-bond donors (Lipinski definition) is 1. The lowest BCUT2D eigenvalue weighted by Crippen LogP contribution is -2.32. The monoisotopic (exact) mass is 323 g/mol. The molecular weight excluding hydrogens is 302 g/mol. The molecule has 0 aromatic heterocycles. The number of amides is 1. The Morgan fingerprint density at radius 1 is 1.23 bits per heavy atom. The average Bonchev–Trinajstić information content (AvgIpc) is 2.53. The van der Waals surface area contributed by atoms with Crippen molar-refractivity contribution in [3.8, 4) is 0 Å². The maximum atomic E-state index is 11.8. The van der Waals surface area contributed by atoms with Gasteiger partial charge in [-0.15, -0.1) is 0 Å². The molecule has 1 aliphatic rings. The molecule has 1 fully saturated rings. The molecule has 1 saturated carbocycles. The van der Waals surface area contributed by atoms with Gasteiger partial charge in [-0.1, -0.05) is 43.0 Å². The first-order valence-corrected chi connectivity index (χ1v) is 8.21. The molecule has 0 unspecified atom stereocenters. The minimum absolute atomic E-state index is 0.0204. The van der Waals surface area contributed by atoms with Crippen LogP contribution in [0.2, 0.25) is 5.02 Å². The highest BCUT2D eigenvalue weighted by Gasteiger charge is 2.22. The molecule has 1 aromatic carbocycles. The van der Waals surface area contributed by atoms with E-state index in [1.807, 2.05) is 24.3 Å². The van der Waals surface area contributed by atoms with Gasteiger partial charge in [-0.2, -0.15) is 0 Å². The highest BCUT2D eigenvalue weighted by molar-refractivity contribution is 6.30. The van der Waals surface area contributed by atoms with Crippen LogP contribution in [0, 0.1) is 5.92 Å². The molecule has 1 aromatic rings. The number of benzene rings is 1. The van der Waals surface area contributed by atoms with E-state index in [1.54, 1.807) is 0 Å². The lowest BCUT2D eigenvalue weighted by atomic mass is 9.89. The Hall–Kier alpha value is -1.55. The lowest BCUT2D eigenvalue weighted by Gasteiger charge is -2.19. The summed E-state index contributed by atoms with van der Waals surface area (Å²) in [6.45, 7) is 0.311. The molecule has 4 nitrogen and oxygen atoms in total. The fourth-order valence-corrected chi connectivity index (χ4v) is 2.90. The summed E-state index contributed by atoms with van der Waals surface area (Å²) >= 11 is 5.90. The van der Waals surface area contributed by atoms with Gasteiger partial charge in [0.2, 0.25) is 0 Å². The Labute approximate surface area is 136 Å². The van der Waals surface area contributed by atoms with Crippen molar-refractivity contribution in [2.24, 2.45) is 5.92 Å². The largest absolute Gasteiger partial charge is 0.455 e. The Bertz CT molecular complexity index is 512. The summed E-state index contributed by atoms with van der Waals surface area (Å²) in [6, 6.07) is 7.53. The van der Waals surface area contributed by atoms with Crippen molar-refractivity contribution in [1.82, 2.24) is 5.32 Å². The zero-order chi connectivity index (χ0) is 15.8. The summed E-state index contributed by atoms with van der Waals surface area (Å²) in [5.74, 6) is -0.510. The van der Waals surface area contributed by atoms with E-state index < -0.39 is 0 Å². The summed E-state index contributed by atoms with van der Waals surface area (Å²) in [5, 5.41) is 3.44. The molecule has 0 saturated heterocycles. The van der Waals surface area contributed by atoms with Gasteiger partial charge in [-0.05, 0) is 37.0 Å². The third-order valence-corrected chi connectivity index (χ3v) is 4.14. The van der Waals surface area contributed by atoms with Crippen LogP contribution >= 0.6 is 11.6 Å². The van der Waals surface area contributed by atoms with Crippen molar-refractivity contribution in [2.45, 2.75) is 38.5 Å².